The van der Waals surface area contributed by atoms with Crippen molar-refractivity contribution in [2.75, 3.05) is 5.32 Å². The quantitative estimate of drug-likeness (QED) is 0.742. The van der Waals surface area contributed by atoms with Gasteiger partial charge >= 0.3 is 5.97 Å². The molecule has 6 heteroatoms. The molecule has 0 aliphatic heterocycles. The minimum atomic E-state index is -0.906. The van der Waals surface area contributed by atoms with Gasteiger partial charge in [-0.1, -0.05) is 24.3 Å². The molecule has 0 heterocycles. The van der Waals surface area contributed by atoms with E-state index < -0.39 is 18.0 Å². The van der Waals surface area contributed by atoms with Crippen LogP contribution in [0, 0.1) is 0 Å². The number of carboxylic acids is 1. The molecule has 0 saturated heterocycles. The van der Waals surface area contributed by atoms with Gasteiger partial charge < -0.3 is 15.2 Å². The maximum Gasteiger partial charge on any atom is 0.310 e. The van der Waals surface area contributed by atoms with Gasteiger partial charge in [-0.3, -0.25) is 14.4 Å². The largest absolute Gasteiger partial charge is 0.481 e. The molecule has 2 aromatic rings. The second-order valence-corrected chi connectivity index (χ2v) is 6.02. The Balaban J connectivity index is 1.99. The first kappa shape index (κ1) is 19.2. The normalized spacial score (nSPS) is 12.7. The lowest BCUT2D eigenvalue weighted by atomic mass is 10.0. The van der Waals surface area contributed by atoms with Crippen LogP contribution in [0.25, 0.3) is 0 Å². The summed E-state index contributed by atoms with van der Waals surface area (Å²) in [5, 5.41) is 11.7. The molecule has 0 saturated carbocycles. The standard InChI is InChI=1S/C20H21NO5/c1-12(20(24)25)15-7-9-17(10-8-15)21-19(23)14(3)26-18-6-4-5-16(11-18)13(2)22/h4-12,14H,1-3H3,(H,21,23)(H,24,25). The molecule has 2 rings (SSSR count). The molecule has 26 heavy (non-hydrogen) atoms. The van der Waals surface area contributed by atoms with Crippen LogP contribution in [0.5, 0.6) is 5.75 Å². The second kappa shape index (κ2) is 8.29. The van der Waals surface area contributed by atoms with Gasteiger partial charge in [0.2, 0.25) is 0 Å². The number of carbonyl (C=O) groups is 3. The van der Waals surface area contributed by atoms with E-state index in [1.807, 2.05) is 0 Å². The number of rotatable bonds is 7. The number of anilines is 1. The van der Waals surface area contributed by atoms with Crippen molar-refractivity contribution in [3.63, 3.8) is 0 Å². The highest BCUT2D eigenvalue weighted by molar-refractivity contribution is 5.95. The van der Waals surface area contributed by atoms with E-state index in [0.717, 1.165) is 0 Å². The lowest BCUT2D eigenvalue weighted by Gasteiger charge is -2.15. The monoisotopic (exact) mass is 355 g/mol. The van der Waals surface area contributed by atoms with Gasteiger partial charge in [0.25, 0.3) is 5.91 Å². The van der Waals surface area contributed by atoms with Gasteiger partial charge in [0, 0.05) is 11.3 Å². The van der Waals surface area contributed by atoms with Crippen LogP contribution in [0.2, 0.25) is 0 Å². The first-order chi connectivity index (χ1) is 12.3. The SMILES string of the molecule is CC(=O)c1cccc(OC(C)C(=O)Nc2ccc(C(C)C(=O)O)cc2)c1. The van der Waals surface area contributed by atoms with Gasteiger partial charge in [-0.2, -0.15) is 0 Å². The Labute approximate surface area is 151 Å². The first-order valence-electron chi connectivity index (χ1n) is 8.19. The van der Waals surface area contributed by atoms with Gasteiger partial charge in [-0.25, -0.2) is 0 Å². The van der Waals surface area contributed by atoms with E-state index in [1.165, 1.54) is 6.92 Å². The second-order valence-electron chi connectivity index (χ2n) is 6.02. The molecule has 1 amide bonds. The Kier molecular flexibility index (Phi) is 6.11. The van der Waals surface area contributed by atoms with E-state index in [2.05, 4.69) is 5.32 Å². The van der Waals surface area contributed by atoms with Gasteiger partial charge in [0.15, 0.2) is 11.9 Å². The summed E-state index contributed by atoms with van der Waals surface area (Å²) in [6.45, 7) is 4.67. The number of carboxylic acid groups (broad SMARTS) is 1. The van der Waals surface area contributed by atoms with Crippen LogP contribution in [0.15, 0.2) is 48.5 Å². The summed E-state index contributed by atoms with van der Waals surface area (Å²) in [7, 11) is 0. The molecular formula is C20H21NO5. The van der Waals surface area contributed by atoms with Crippen molar-refractivity contribution in [1.29, 1.82) is 0 Å². The minimum Gasteiger partial charge on any atom is -0.481 e. The average molecular weight is 355 g/mol. The van der Waals surface area contributed by atoms with E-state index in [-0.39, 0.29) is 11.7 Å². The molecule has 2 atom stereocenters. The van der Waals surface area contributed by atoms with Crippen molar-refractivity contribution in [1.82, 2.24) is 0 Å². The Morgan fingerprint density at radius 1 is 1.04 bits per heavy atom. The number of ketones is 1. The van der Waals surface area contributed by atoms with E-state index in [4.69, 9.17) is 9.84 Å². The third-order valence-corrected chi connectivity index (χ3v) is 3.97. The smallest absolute Gasteiger partial charge is 0.310 e. The van der Waals surface area contributed by atoms with Crippen LogP contribution >= 0.6 is 0 Å². The highest BCUT2D eigenvalue weighted by Crippen LogP contribution is 2.19. The number of Topliss-reactive ketones (excluding diaryl/α,β-unsaturated/α-hetero) is 1. The summed E-state index contributed by atoms with van der Waals surface area (Å²) >= 11 is 0. The lowest BCUT2D eigenvalue weighted by Crippen LogP contribution is -2.30. The Bertz CT molecular complexity index is 813. The maximum absolute atomic E-state index is 12.3. The Hall–Kier alpha value is -3.15. The number of hydrogen-bond acceptors (Lipinski definition) is 4. The molecule has 2 unspecified atom stereocenters. The van der Waals surface area contributed by atoms with Crippen molar-refractivity contribution in [3.8, 4) is 5.75 Å². The summed E-state index contributed by atoms with van der Waals surface area (Å²) in [5.74, 6) is -1.52. The first-order valence-corrected chi connectivity index (χ1v) is 8.19. The number of benzene rings is 2. The fraction of sp³-hybridized carbons (Fsp3) is 0.250. The molecule has 0 aliphatic rings. The van der Waals surface area contributed by atoms with Crippen LogP contribution in [-0.2, 0) is 9.59 Å². The molecule has 0 radical (unpaired) electrons. The predicted octanol–water partition coefficient (Wildman–Crippen LogP) is 3.48. The number of hydrogen-bond donors (Lipinski definition) is 2. The maximum atomic E-state index is 12.3. The zero-order valence-electron chi connectivity index (χ0n) is 14.9. The number of aliphatic carboxylic acids is 1. The molecule has 0 fully saturated rings. The summed E-state index contributed by atoms with van der Waals surface area (Å²) in [6.07, 6.45) is -0.769. The summed E-state index contributed by atoms with van der Waals surface area (Å²) < 4.78 is 5.59. The van der Waals surface area contributed by atoms with Gasteiger partial charge in [-0.05, 0) is 50.6 Å². The van der Waals surface area contributed by atoms with Crippen LogP contribution < -0.4 is 10.1 Å². The molecular weight excluding hydrogens is 334 g/mol. The van der Waals surface area contributed by atoms with Crippen molar-refractivity contribution in [2.45, 2.75) is 32.8 Å². The topological polar surface area (TPSA) is 92.7 Å². The highest BCUT2D eigenvalue weighted by Gasteiger charge is 2.17. The zero-order valence-corrected chi connectivity index (χ0v) is 14.9. The summed E-state index contributed by atoms with van der Waals surface area (Å²) in [5.41, 5.74) is 1.71. The number of ether oxygens (including phenoxy) is 1. The van der Waals surface area contributed by atoms with E-state index >= 15 is 0 Å². The van der Waals surface area contributed by atoms with Gasteiger partial charge in [0.1, 0.15) is 5.75 Å². The fourth-order valence-electron chi connectivity index (χ4n) is 2.29. The number of carbonyl (C=O) groups excluding carboxylic acids is 2. The average Bonchev–Trinajstić information content (AvgIpc) is 2.61. The molecule has 2 aromatic carbocycles. The van der Waals surface area contributed by atoms with Crippen molar-refractivity contribution >= 4 is 23.3 Å². The van der Waals surface area contributed by atoms with Gasteiger partial charge in [-0.15, -0.1) is 0 Å². The fourth-order valence-corrected chi connectivity index (χ4v) is 2.29. The molecule has 6 nitrogen and oxygen atoms in total. The van der Waals surface area contributed by atoms with Crippen molar-refractivity contribution in [3.05, 3.63) is 59.7 Å². The van der Waals surface area contributed by atoms with E-state index in [1.54, 1.807) is 62.4 Å². The molecule has 0 spiro atoms. The van der Waals surface area contributed by atoms with Crippen LogP contribution in [0.4, 0.5) is 5.69 Å². The molecule has 136 valence electrons. The summed E-state index contributed by atoms with van der Waals surface area (Å²) in [4.78, 5) is 34.7. The highest BCUT2D eigenvalue weighted by atomic mass is 16.5. The molecule has 0 aliphatic carbocycles. The van der Waals surface area contributed by atoms with E-state index in [0.29, 0.717) is 22.6 Å². The molecule has 0 aromatic heterocycles. The third-order valence-electron chi connectivity index (χ3n) is 3.97. The number of nitrogens with one attached hydrogen (secondary N) is 1. The minimum absolute atomic E-state index is 0.0803. The van der Waals surface area contributed by atoms with Crippen LogP contribution in [0.1, 0.15) is 42.6 Å². The van der Waals surface area contributed by atoms with E-state index in [9.17, 15) is 14.4 Å². The zero-order chi connectivity index (χ0) is 19.3. The summed E-state index contributed by atoms with van der Waals surface area (Å²) in [6, 6.07) is 13.3. The molecule has 0 bridgehead atoms. The van der Waals surface area contributed by atoms with Gasteiger partial charge in [0.05, 0.1) is 5.92 Å². The van der Waals surface area contributed by atoms with Crippen molar-refractivity contribution in [2.24, 2.45) is 0 Å². The predicted molar refractivity (Wildman–Crippen MR) is 97.7 cm³/mol. The lowest BCUT2D eigenvalue weighted by molar-refractivity contribution is -0.138. The van der Waals surface area contributed by atoms with Crippen LogP contribution in [-0.4, -0.2) is 28.9 Å². The number of amides is 1. The van der Waals surface area contributed by atoms with Crippen molar-refractivity contribution < 1.29 is 24.2 Å². The van der Waals surface area contributed by atoms with Crippen LogP contribution in [0.3, 0.4) is 0 Å². The Morgan fingerprint density at radius 3 is 2.27 bits per heavy atom. The Morgan fingerprint density at radius 2 is 1.69 bits per heavy atom. The molecule has 2 N–H and O–H groups in total. The third kappa shape index (κ3) is 4.92.